The van der Waals surface area contributed by atoms with Gasteiger partial charge in [-0.15, -0.1) is 24.0 Å². The van der Waals surface area contributed by atoms with Gasteiger partial charge in [-0.05, 0) is 46.6 Å². The molecule has 0 amide bonds. The normalized spacial score (nSPS) is 13.2. The molecule has 0 aromatic carbocycles. The van der Waals surface area contributed by atoms with E-state index in [1.807, 2.05) is 0 Å². The number of guanidine groups is 1. The van der Waals surface area contributed by atoms with Crippen molar-refractivity contribution in [2.24, 2.45) is 10.9 Å². The van der Waals surface area contributed by atoms with Crippen molar-refractivity contribution in [3.05, 3.63) is 0 Å². The fourth-order valence-corrected chi connectivity index (χ4v) is 2.09. The van der Waals surface area contributed by atoms with E-state index < -0.39 is 0 Å². The van der Waals surface area contributed by atoms with Crippen LogP contribution < -0.4 is 10.6 Å². The van der Waals surface area contributed by atoms with E-state index in [0.717, 1.165) is 51.4 Å². The zero-order valence-corrected chi connectivity index (χ0v) is 17.4. The molecule has 0 heterocycles. The van der Waals surface area contributed by atoms with Crippen LogP contribution in [-0.2, 0) is 0 Å². The molecule has 3 N–H and O–H groups in total. The van der Waals surface area contributed by atoms with Crippen LogP contribution in [0.1, 0.15) is 47.0 Å². The Kier molecular flexibility index (Phi) is 17.4. The van der Waals surface area contributed by atoms with E-state index in [4.69, 9.17) is 5.11 Å². The van der Waals surface area contributed by atoms with E-state index >= 15 is 0 Å². The van der Waals surface area contributed by atoms with Gasteiger partial charge in [0.15, 0.2) is 5.96 Å². The van der Waals surface area contributed by atoms with Crippen LogP contribution in [0.5, 0.6) is 0 Å². The molecule has 0 rings (SSSR count). The smallest absolute Gasteiger partial charge is 0.191 e. The van der Waals surface area contributed by atoms with E-state index in [9.17, 15) is 0 Å². The number of hydrogen-bond donors (Lipinski definition) is 3. The molecule has 0 aliphatic rings. The number of aliphatic hydroxyl groups excluding tert-OH is 1. The molecule has 0 saturated heterocycles. The predicted molar refractivity (Wildman–Crippen MR) is 107 cm³/mol. The molecule has 0 aromatic heterocycles. The van der Waals surface area contributed by atoms with Crippen molar-refractivity contribution in [3.8, 4) is 0 Å². The summed E-state index contributed by atoms with van der Waals surface area (Å²) in [5.41, 5.74) is 0. The molecule has 0 aliphatic carbocycles. The molecule has 0 fully saturated rings. The molecule has 1 unspecified atom stereocenters. The van der Waals surface area contributed by atoms with Crippen LogP contribution in [0, 0.1) is 5.92 Å². The molecular weight excluding hydrogens is 391 g/mol. The summed E-state index contributed by atoms with van der Waals surface area (Å²) in [6, 6.07) is 0.560. The van der Waals surface area contributed by atoms with Crippen molar-refractivity contribution < 1.29 is 5.11 Å². The quantitative estimate of drug-likeness (QED) is 0.269. The van der Waals surface area contributed by atoms with Gasteiger partial charge < -0.3 is 20.6 Å². The first-order chi connectivity index (χ1) is 10.0. The molecule has 22 heavy (non-hydrogen) atoms. The van der Waals surface area contributed by atoms with Gasteiger partial charge in [-0.2, -0.15) is 0 Å². The maximum atomic E-state index is 9.10. The number of likely N-dealkylation sites (N-methyl/N-ethyl adjacent to an activating group) is 1. The van der Waals surface area contributed by atoms with E-state index in [1.165, 1.54) is 0 Å². The van der Waals surface area contributed by atoms with Crippen molar-refractivity contribution in [2.75, 3.05) is 39.8 Å². The Bertz CT molecular complexity index is 269. The Morgan fingerprint density at radius 1 is 1.18 bits per heavy atom. The van der Waals surface area contributed by atoms with Gasteiger partial charge in [0, 0.05) is 38.8 Å². The van der Waals surface area contributed by atoms with Crippen molar-refractivity contribution in [3.63, 3.8) is 0 Å². The van der Waals surface area contributed by atoms with Crippen LogP contribution in [0.15, 0.2) is 4.99 Å². The fraction of sp³-hybridized carbons (Fsp3) is 0.938. The number of nitrogens with zero attached hydrogens (tertiary/aromatic N) is 2. The molecule has 6 heteroatoms. The molecule has 134 valence electrons. The van der Waals surface area contributed by atoms with Gasteiger partial charge in [0.2, 0.25) is 0 Å². The Balaban J connectivity index is 0. The highest BCUT2D eigenvalue weighted by Gasteiger charge is 2.07. The van der Waals surface area contributed by atoms with E-state index in [0.29, 0.717) is 12.0 Å². The second-order valence-electron chi connectivity index (χ2n) is 5.89. The van der Waals surface area contributed by atoms with Crippen molar-refractivity contribution in [1.82, 2.24) is 15.5 Å². The number of rotatable bonds is 11. The lowest BCUT2D eigenvalue weighted by molar-refractivity contribution is 0.253. The van der Waals surface area contributed by atoms with Crippen LogP contribution in [-0.4, -0.2) is 61.8 Å². The lowest BCUT2D eigenvalue weighted by Crippen LogP contribution is -2.42. The third-order valence-electron chi connectivity index (χ3n) is 3.72. The largest absolute Gasteiger partial charge is 0.396 e. The molecule has 0 radical (unpaired) electrons. The van der Waals surface area contributed by atoms with Crippen LogP contribution in [0.25, 0.3) is 0 Å². The van der Waals surface area contributed by atoms with Crippen LogP contribution in [0.2, 0.25) is 0 Å². The average molecular weight is 428 g/mol. The van der Waals surface area contributed by atoms with Gasteiger partial charge in [0.05, 0.1) is 0 Å². The minimum Gasteiger partial charge on any atom is -0.396 e. The minimum atomic E-state index is 0. The van der Waals surface area contributed by atoms with Gasteiger partial charge in [0.25, 0.3) is 0 Å². The molecule has 5 nitrogen and oxygen atoms in total. The summed E-state index contributed by atoms with van der Waals surface area (Å²) in [7, 11) is 2.13. The number of nitrogens with one attached hydrogen (secondary N) is 2. The Hall–Kier alpha value is -0.0800. The van der Waals surface area contributed by atoms with Gasteiger partial charge >= 0.3 is 0 Å². The standard InChI is InChI=1S/C16H36N4O.HI/c1-6-8-15(9-12-21)13-19-16(17-7-2)18-10-11-20(5)14(3)4;/h14-15,21H,6-13H2,1-5H3,(H2,17,18,19);1H. The van der Waals surface area contributed by atoms with Gasteiger partial charge in [0.1, 0.15) is 0 Å². The summed E-state index contributed by atoms with van der Waals surface area (Å²) >= 11 is 0. The van der Waals surface area contributed by atoms with Gasteiger partial charge in [-0.25, -0.2) is 0 Å². The Morgan fingerprint density at radius 2 is 1.86 bits per heavy atom. The minimum absolute atomic E-state index is 0. The summed E-state index contributed by atoms with van der Waals surface area (Å²) in [6.45, 7) is 12.4. The maximum Gasteiger partial charge on any atom is 0.191 e. The highest BCUT2D eigenvalue weighted by Crippen LogP contribution is 2.10. The van der Waals surface area contributed by atoms with Gasteiger partial charge in [-0.3, -0.25) is 4.99 Å². The molecule has 1 atom stereocenters. The Morgan fingerprint density at radius 3 is 2.36 bits per heavy atom. The lowest BCUT2D eigenvalue weighted by Gasteiger charge is -2.22. The lowest BCUT2D eigenvalue weighted by atomic mass is 10.0. The second-order valence-corrected chi connectivity index (χ2v) is 5.89. The fourth-order valence-electron chi connectivity index (χ4n) is 2.09. The number of halogens is 1. The number of hydrogen-bond acceptors (Lipinski definition) is 3. The Labute approximate surface area is 154 Å². The van der Waals surface area contributed by atoms with E-state index in [2.05, 4.69) is 55.3 Å². The van der Waals surface area contributed by atoms with Crippen LogP contribution in [0.4, 0.5) is 0 Å². The number of aliphatic hydroxyl groups is 1. The third kappa shape index (κ3) is 12.5. The van der Waals surface area contributed by atoms with E-state index in [1.54, 1.807) is 0 Å². The average Bonchev–Trinajstić information content (AvgIpc) is 2.44. The highest BCUT2D eigenvalue weighted by molar-refractivity contribution is 14.0. The predicted octanol–water partition coefficient (Wildman–Crippen LogP) is 2.30. The first-order valence-corrected chi connectivity index (χ1v) is 8.38. The molecule has 0 spiro atoms. The first-order valence-electron chi connectivity index (χ1n) is 8.38. The monoisotopic (exact) mass is 428 g/mol. The zero-order valence-electron chi connectivity index (χ0n) is 15.1. The summed E-state index contributed by atoms with van der Waals surface area (Å²) < 4.78 is 0. The van der Waals surface area contributed by atoms with Crippen molar-refractivity contribution in [2.45, 2.75) is 53.0 Å². The van der Waals surface area contributed by atoms with E-state index in [-0.39, 0.29) is 30.6 Å². The highest BCUT2D eigenvalue weighted by atomic mass is 127. The van der Waals surface area contributed by atoms with Crippen LogP contribution in [0.3, 0.4) is 0 Å². The summed E-state index contributed by atoms with van der Waals surface area (Å²) in [5.74, 6) is 1.36. The SMILES string of the molecule is CCCC(CCO)CN=C(NCC)NCCN(C)C(C)C.I. The summed E-state index contributed by atoms with van der Waals surface area (Å²) in [5, 5.41) is 15.8. The second kappa shape index (κ2) is 15.8. The molecule has 0 saturated carbocycles. The maximum absolute atomic E-state index is 9.10. The first kappa shape index (κ1) is 24.2. The van der Waals surface area contributed by atoms with Crippen molar-refractivity contribution >= 4 is 29.9 Å². The molecule has 0 aliphatic heterocycles. The summed E-state index contributed by atoms with van der Waals surface area (Å²) in [4.78, 5) is 6.97. The third-order valence-corrected chi connectivity index (χ3v) is 3.72. The zero-order chi connectivity index (χ0) is 16.1. The summed E-state index contributed by atoms with van der Waals surface area (Å²) in [6.07, 6.45) is 3.11. The topological polar surface area (TPSA) is 59.9 Å². The molecular formula is C16H37IN4O. The van der Waals surface area contributed by atoms with Crippen LogP contribution >= 0.6 is 24.0 Å². The van der Waals surface area contributed by atoms with Crippen molar-refractivity contribution in [1.29, 1.82) is 0 Å². The molecule has 0 aromatic rings. The number of aliphatic imine (C=N–C) groups is 1. The molecule has 0 bridgehead atoms. The van der Waals surface area contributed by atoms with Gasteiger partial charge in [-0.1, -0.05) is 13.3 Å².